The van der Waals surface area contributed by atoms with Crippen LogP contribution in [0.5, 0.6) is 0 Å². The number of nitrogens with zero attached hydrogens (tertiary/aromatic N) is 1. The average molecular weight is 211 g/mol. The number of hydrogen-bond donors (Lipinski definition) is 1. The van der Waals surface area contributed by atoms with Crippen LogP contribution in [0.2, 0.25) is 0 Å². The van der Waals surface area contributed by atoms with Crippen molar-refractivity contribution in [2.45, 2.75) is 39.5 Å². The van der Waals surface area contributed by atoms with Crippen molar-refractivity contribution < 1.29 is 5.11 Å². The number of aliphatic hydroxyl groups is 1. The second-order valence-electron chi connectivity index (χ2n) is 5.92. The molecule has 2 rings (SSSR count). The van der Waals surface area contributed by atoms with Crippen molar-refractivity contribution in [3.05, 3.63) is 0 Å². The Labute approximate surface area is 93.7 Å². The highest BCUT2D eigenvalue weighted by atomic mass is 16.3. The van der Waals surface area contributed by atoms with E-state index in [0.717, 1.165) is 5.92 Å². The maximum atomic E-state index is 9.57. The molecule has 15 heavy (non-hydrogen) atoms. The predicted octanol–water partition coefficient (Wildman–Crippen LogP) is 2.13. The largest absolute Gasteiger partial charge is 0.396 e. The minimum Gasteiger partial charge on any atom is -0.396 e. The summed E-state index contributed by atoms with van der Waals surface area (Å²) in [6.45, 7) is 8.62. The van der Waals surface area contributed by atoms with E-state index in [-0.39, 0.29) is 5.41 Å². The Morgan fingerprint density at radius 2 is 1.87 bits per heavy atom. The standard InChI is InChI=1S/C13H25NO/c1-11(2)13(10-15)5-7-14(8-6-13)9-12-3-4-12/h11-12,15H,3-10H2,1-2H3. The van der Waals surface area contributed by atoms with Gasteiger partial charge >= 0.3 is 0 Å². The summed E-state index contributed by atoms with van der Waals surface area (Å²) in [5.41, 5.74) is 0.222. The number of hydrogen-bond acceptors (Lipinski definition) is 2. The van der Waals surface area contributed by atoms with Crippen LogP contribution in [0.25, 0.3) is 0 Å². The number of piperidine rings is 1. The van der Waals surface area contributed by atoms with Crippen molar-refractivity contribution in [3.8, 4) is 0 Å². The van der Waals surface area contributed by atoms with Gasteiger partial charge in [0.05, 0.1) is 0 Å². The van der Waals surface area contributed by atoms with Gasteiger partial charge in [-0.2, -0.15) is 0 Å². The maximum absolute atomic E-state index is 9.57. The zero-order valence-electron chi connectivity index (χ0n) is 10.2. The van der Waals surface area contributed by atoms with Gasteiger partial charge in [0.25, 0.3) is 0 Å². The van der Waals surface area contributed by atoms with E-state index >= 15 is 0 Å². The highest BCUT2D eigenvalue weighted by Gasteiger charge is 2.37. The molecule has 0 amide bonds. The van der Waals surface area contributed by atoms with E-state index in [1.54, 1.807) is 0 Å². The molecule has 88 valence electrons. The molecule has 0 aromatic heterocycles. The molecule has 2 heteroatoms. The van der Waals surface area contributed by atoms with Crippen molar-refractivity contribution in [2.24, 2.45) is 17.3 Å². The fourth-order valence-corrected chi connectivity index (χ4v) is 2.76. The number of rotatable bonds is 4. The van der Waals surface area contributed by atoms with E-state index in [0.29, 0.717) is 12.5 Å². The molecule has 0 atom stereocenters. The summed E-state index contributed by atoms with van der Waals surface area (Å²) in [6, 6.07) is 0. The van der Waals surface area contributed by atoms with Gasteiger partial charge in [-0.25, -0.2) is 0 Å². The van der Waals surface area contributed by atoms with Gasteiger partial charge in [-0.3, -0.25) is 0 Å². The normalized spacial score (nSPS) is 27.2. The van der Waals surface area contributed by atoms with Gasteiger partial charge < -0.3 is 10.0 Å². The van der Waals surface area contributed by atoms with Gasteiger partial charge in [0.1, 0.15) is 0 Å². The van der Waals surface area contributed by atoms with Crippen LogP contribution in [0.15, 0.2) is 0 Å². The van der Waals surface area contributed by atoms with Gasteiger partial charge in [-0.05, 0) is 56.0 Å². The third-order valence-electron chi connectivity index (χ3n) is 4.60. The van der Waals surface area contributed by atoms with E-state index < -0.39 is 0 Å². The second-order valence-corrected chi connectivity index (χ2v) is 5.92. The summed E-state index contributed by atoms with van der Waals surface area (Å²) in [6.07, 6.45) is 5.28. The predicted molar refractivity (Wildman–Crippen MR) is 62.8 cm³/mol. The Balaban J connectivity index is 1.83. The highest BCUT2D eigenvalue weighted by Crippen LogP contribution is 2.39. The SMILES string of the molecule is CC(C)C1(CO)CCN(CC2CC2)CC1. The van der Waals surface area contributed by atoms with Crippen LogP contribution < -0.4 is 0 Å². The molecule has 1 heterocycles. The molecule has 0 spiro atoms. The van der Waals surface area contributed by atoms with Crippen LogP contribution in [0.1, 0.15) is 39.5 Å². The second kappa shape index (κ2) is 4.42. The summed E-state index contributed by atoms with van der Waals surface area (Å²) >= 11 is 0. The Bertz CT molecular complexity index is 203. The summed E-state index contributed by atoms with van der Waals surface area (Å²) in [5, 5.41) is 9.57. The van der Waals surface area contributed by atoms with Crippen molar-refractivity contribution in [3.63, 3.8) is 0 Å². The Morgan fingerprint density at radius 1 is 1.27 bits per heavy atom. The third-order valence-corrected chi connectivity index (χ3v) is 4.60. The fraction of sp³-hybridized carbons (Fsp3) is 1.00. The molecular weight excluding hydrogens is 186 g/mol. The fourth-order valence-electron chi connectivity index (χ4n) is 2.76. The van der Waals surface area contributed by atoms with Crippen molar-refractivity contribution in [1.29, 1.82) is 0 Å². The average Bonchev–Trinajstić information content (AvgIpc) is 3.03. The summed E-state index contributed by atoms with van der Waals surface area (Å²) in [7, 11) is 0. The topological polar surface area (TPSA) is 23.5 Å². The zero-order chi connectivity index (χ0) is 10.9. The monoisotopic (exact) mass is 211 g/mol. The lowest BCUT2D eigenvalue weighted by molar-refractivity contribution is 0.00663. The molecule has 2 nitrogen and oxygen atoms in total. The Kier molecular flexibility index (Phi) is 3.36. The van der Waals surface area contributed by atoms with Crippen LogP contribution in [0.3, 0.4) is 0 Å². The van der Waals surface area contributed by atoms with Crippen LogP contribution in [-0.4, -0.2) is 36.2 Å². The molecule has 2 aliphatic rings. The molecule has 0 aromatic rings. The number of likely N-dealkylation sites (tertiary alicyclic amines) is 1. The maximum Gasteiger partial charge on any atom is 0.0490 e. The van der Waals surface area contributed by atoms with Crippen molar-refractivity contribution in [2.75, 3.05) is 26.2 Å². The molecular formula is C13H25NO. The first-order chi connectivity index (χ1) is 7.16. The summed E-state index contributed by atoms with van der Waals surface area (Å²) in [4.78, 5) is 2.61. The molecule has 0 unspecified atom stereocenters. The van der Waals surface area contributed by atoms with Crippen LogP contribution in [0.4, 0.5) is 0 Å². The molecule has 1 aliphatic carbocycles. The highest BCUT2D eigenvalue weighted by molar-refractivity contribution is 4.89. The number of aliphatic hydroxyl groups excluding tert-OH is 1. The molecule has 0 aromatic carbocycles. The van der Waals surface area contributed by atoms with Crippen LogP contribution >= 0.6 is 0 Å². The smallest absolute Gasteiger partial charge is 0.0490 e. The Morgan fingerprint density at radius 3 is 2.27 bits per heavy atom. The van der Waals surface area contributed by atoms with Crippen LogP contribution in [-0.2, 0) is 0 Å². The quantitative estimate of drug-likeness (QED) is 0.770. The molecule has 1 saturated heterocycles. The van der Waals surface area contributed by atoms with Gasteiger partial charge in [-0.1, -0.05) is 13.8 Å². The summed E-state index contributed by atoms with van der Waals surface area (Å²) in [5.74, 6) is 1.62. The van der Waals surface area contributed by atoms with Crippen LogP contribution in [0, 0.1) is 17.3 Å². The minimum absolute atomic E-state index is 0.222. The third kappa shape index (κ3) is 2.54. The van der Waals surface area contributed by atoms with Gasteiger partial charge in [0.15, 0.2) is 0 Å². The zero-order valence-corrected chi connectivity index (χ0v) is 10.2. The van der Waals surface area contributed by atoms with E-state index in [2.05, 4.69) is 18.7 Å². The molecule has 2 fully saturated rings. The lowest BCUT2D eigenvalue weighted by atomic mass is 9.70. The Hall–Kier alpha value is -0.0800. The first-order valence-electron chi connectivity index (χ1n) is 6.49. The van der Waals surface area contributed by atoms with Crippen molar-refractivity contribution >= 4 is 0 Å². The van der Waals surface area contributed by atoms with E-state index in [1.165, 1.54) is 45.3 Å². The molecule has 0 radical (unpaired) electrons. The van der Waals surface area contributed by atoms with Crippen molar-refractivity contribution in [1.82, 2.24) is 4.90 Å². The van der Waals surface area contributed by atoms with E-state index in [9.17, 15) is 5.11 Å². The van der Waals surface area contributed by atoms with Gasteiger partial charge in [0.2, 0.25) is 0 Å². The molecule has 1 N–H and O–H groups in total. The van der Waals surface area contributed by atoms with E-state index in [4.69, 9.17) is 0 Å². The molecule has 0 bridgehead atoms. The molecule has 1 aliphatic heterocycles. The summed E-state index contributed by atoms with van der Waals surface area (Å²) < 4.78 is 0. The first-order valence-corrected chi connectivity index (χ1v) is 6.49. The first kappa shape index (κ1) is 11.4. The lowest BCUT2D eigenvalue weighted by Crippen LogP contribution is -2.45. The molecule has 1 saturated carbocycles. The minimum atomic E-state index is 0.222. The van der Waals surface area contributed by atoms with Gasteiger partial charge in [-0.15, -0.1) is 0 Å². The lowest BCUT2D eigenvalue weighted by Gasteiger charge is -2.43. The van der Waals surface area contributed by atoms with Gasteiger partial charge in [0, 0.05) is 13.2 Å². The van der Waals surface area contributed by atoms with E-state index in [1.807, 2.05) is 0 Å².